The summed E-state index contributed by atoms with van der Waals surface area (Å²) >= 11 is 3.54. The van der Waals surface area contributed by atoms with Crippen LogP contribution in [0.3, 0.4) is 0 Å². The Morgan fingerprint density at radius 2 is 2.40 bits per heavy atom. The van der Waals surface area contributed by atoms with E-state index < -0.39 is 0 Å². The zero-order chi connectivity index (χ0) is 10.7. The second-order valence-electron chi connectivity index (χ2n) is 4.16. The van der Waals surface area contributed by atoms with Gasteiger partial charge in [-0.2, -0.15) is 0 Å². The maximum absolute atomic E-state index is 4.45. The molecule has 1 saturated heterocycles. The third-order valence-electron chi connectivity index (χ3n) is 3.12. The molecule has 0 saturated carbocycles. The van der Waals surface area contributed by atoms with Gasteiger partial charge >= 0.3 is 0 Å². The summed E-state index contributed by atoms with van der Waals surface area (Å²) in [5.41, 5.74) is 0. The number of nitrogens with zero attached hydrogens (tertiary/aromatic N) is 3. The van der Waals surface area contributed by atoms with Crippen LogP contribution in [0.2, 0.25) is 0 Å². The fourth-order valence-corrected chi connectivity index (χ4v) is 2.85. The number of alkyl halides is 1. The van der Waals surface area contributed by atoms with Crippen molar-refractivity contribution in [3.8, 4) is 0 Å². The van der Waals surface area contributed by atoms with Crippen molar-refractivity contribution in [3.05, 3.63) is 12.4 Å². The summed E-state index contributed by atoms with van der Waals surface area (Å²) in [5, 5.41) is 1.08. The summed E-state index contributed by atoms with van der Waals surface area (Å²) in [7, 11) is 2.07. The van der Waals surface area contributed by atoms with Gasteiger partial charge in [-0.15, -0.1) is 0 Å². The van der Waals surface area contributed by atoms with Crippen molar-refractivity contribution in [3.63, 3.8) is 0 Å². The topological polar surface area (TPSA) is 21.1 Å². The molecule has 1 atom stereocenters. The standard InChI is InChI=1S/C11H18BrN3/c1-14-9-7-13-11(14)15-8-3-2-4-10(15)5-6-12/h7,9-10H,2-6,8H2,1H3. The van der Waals surface area contributed by atoms with Gasteiger partial charge in [0, 0.05) is 37.4 Å². The molecule has 1 aromatic rings. The molecule has 3 nitrogen and oxygen atoms in total. The zero-order valence-corrected chi connectivity index (χ0v) is 10.8. The molecule has 1 aromatic heterocycles. The molecular weight excluding hydrogens is 254 g/mol. The van der Waals surface area contributed by atoms with E-state index in [0.29, 0.717) is 6.04 Å². The van der Waals surface area contributed by atoms with E-state index in [-0.39, 0.29) is 0 Å². The third-order valence-corrected chi connectivity index (χ3v) is 3.58. The zero-order valence-electron chi connectivity index (χ0n) is 9.19. The van der Waals surface area contributed by atoms with Crippen molar-refractivity contribution >= 4 is 21.9 Å². The first-order valence-electron chi connectivity index (χ1n) is 5.63. The summed E-state index contributed by atoms with van der Waals surface area (Å²) < 4.78 is 2.12. The average molecular weight is 272 g/mol. The normalized spacial score (nSPS) is 22.0. The Labute approximate surface area is 99.6 Å². The lowest BCUT2D eigenvalue weighted by atomic mass is 10.0. The van der Waals surface area contributed by atoms with Crippen molar-refractivity contribution in [2.45, 2.75) is 31.7 Å². The van der Waals surface area contributed by atoms with Crippen molar-refractivity contribution in [2.24, 2.45) is 7.05 Å². The highest BCUT2D eigenvalue weighted by Gasteiger charge is 2.24. The predicted molar refractivity (Wildman–Crippen MR) is 66.6 cm³/mol. The molecule has 1 aliphatic heterocycles. The molecule has 1 aliphatic rings. The molecule has 0 aromatic carbocycles. The van der Waals surface area contributed by atoms with Crippen LogP contribution in [-0.2, 0) is 7.05 Å². The van der Waals surface area contributed by atoms with Crippen LogP contribution in [0.15, 0.2) is 12.4 Å². The van der Waals surface area contributed by atoms with Crippen LogP contribution in [0.5, 0.6) is 0 Å². The summed E-state index contributed by atoms with van der Waals surface area (Å²) in [6.07, 6.45) is 9.08. The predicted octanol–water partition coefficient (Wildman–Crippen LogP) is 2.56. The molecule has 4 heteroatoms. The molecule has 0 radical (unpaired) electrons. The van der Waals surface area contributed by atoms with Gasteiger partial charge < -0.3 is 9.47 Å². The molecular formula is C11H18BrN3. The first-order valence-corrected chi connectivity index (χ1v) is 6.75. The molecule has 0 aliphatic carbocycles. The molecule has 0 N–H and O–H groups in total. The van der Waals surface area contributed by atoms with Gasteiger partial charge in [-0.1, -0.05) is 15.9 Å². The number of halogens is 1. The van der Waals surface area contributed by atoms with Gasteiger partial charge in [-0.3, -0.25) is 0 Å². The van der Waals surface area contributed by atoms with Gasteiger partial charge in [-0.25, -0.2) is 4.98 Å². The van der Waals surface area contributed by atoms with E-state index in [2.05, 4.69) is 37.4 Å². The Bertz CT molecular complexity index is 309. The van der Waals surface area contributed by atoms with E-state index in [0.717, 1.165) is 17.8 Å². The number of anilines is 1. The number of piperidine rings is 1. The van der Waals surface area contributed by atoms with Crippen LogP contribution in [0.25, 0.3) is 0 Å². The van der Waals surface area contributed by atoms with Crippen molar-refractivity contribution in [1.29, 1.82) is 0 Å². The third kappa shape index (κ3) is 2.36. The minimum Gasteiger partial charge on any atom is -0.339 e. The maximum Gasteiger partial charge on any atom is 0.205 e. The number of hydrogen-bond acceptors (Lipinski definition) is 2. The quantitative estimate of drug-likeness (QED) is 0.788. The van der Waals surface area contributed by atoms with Crippen molar-refractivity contribution in [1.82, 2.24) is 9.55 Å². The highest BCUT2D eigenvalue weighted by Crippen LogP contribution is 2.25. The maximum atomic E-state index is 4.45. The van der Waals surface area contributed by atoms with Gasteiger partial charge in [0.2, 0.25) is 5.95 Å². The van der Waals surface area contributed by atoms with Crippen LogP contribution < -0.4 is 4.90 Å². The number of hydrogen-bond donors (Lipinski definition) is 0. The molecule has 0 spiro atoms. The van der Waals surface area contributed by atoms with Crippen molar-refractivity contribution < 1.29 is 0 Å². The van der Waals surface area contributed by atoms with Crippen molar-refractivity contribution in [2.75, 3.05) is 16.8 Å². The SMILES string of the molecule is Cn1ccnc1N1CCCCC1CCBr. The van der Waals surface area contributed by atoms with Crippen LogP contribution in [0.1, 0.15) is 25.7 Å². The van der Waals surface area contributed by atoms with E-state index in [9.17, 15) is 0 Å². The Morgan fingerprint density at radius 3 is 3.07 bits per heavy atom. The average Bonchev–Trinajstić information content (AvgIpc) is 2.66. The van der Waals surface area contributed by atoms with E-state index in [1.807, 2.05) is 12.4 Å². The molecule has 0 bridgehead atoms. The van der Waals surface area contributed by atoms with Crippen LogP contribution >= 0.6 is 15.9 Å². The largest absolute Gasteiger partial charge is 0.339 e. The molecule has 1 unspecified atom stereocenters. The summed E-state index contributed by atoms with van der Waals surface area (Å²) in [6.45, 7) is 1.16. The molecule has 1 fully saturated rings. The first-order chi connectivity index (χ1) is 7.33. The fraction of sp³-hybridized carbons (Fsp3) is 0.727. The van der Waals surface area contributed by atoms with Crippen LogP contribution in [0, 0.1) is 0 Å². The number of aryl methyl sites for hydroxylation is 1. The molecule has 2 rings (SSSR count). The lowest BCUT2D eigenvalue weighted by Crippen LogP contribution is -2.41. The lowest BCUT2D eigenvalue weighted by molar-refractivity contribution is 0.442. The summed E-state index contributed by atoms with van der Waals surface area (Å²) in [6, 6.07) is 0.666. The molecule has 2 heterocycles. The second-order valence-corrected chi connectivity index (χ2v) is 4.95. The number of imidazole rings is 1. The first kappa shape index (κ1) is 11.0. The van der Waals surface area contributed by atoms with Gasteiger partial charge in [0.1, 0.15) is 0 Å². The van der Waals surface area contributed by atoms with E-state index in [1.165, 1.54) is 25.7 Å². The van der Waals surface area contributed by atoms with Gasteiger partial charge in [0.25, 0.3) is 0 Å². The Kier molecular flexibility index (Phi) is 3.67. The highest BCUT2D eigenvalue weighted by molar-refractivity contribution is 9.09. The minimum absolute atomic E-state index is 0.666. The Balaban J connectivity index is 2.14. The monoisotopic (exact) mass is 271 g/mol. The summed E-state index contributed by atoms with van der Waals surface area (Å²) in [4.78, 5) is 6.91. The molecule has 84 valence electrons. The van der Waals surface area contributed by atoms with Gasteiger partial charge in [-0.05, 0) is 25.7 Å². The van der Waals surface area contributed by atoms with Gasteiger partial charge in [0.05, 0.1) is 0 Å². The van der Waals surface area contributed by atoms with E-state index >= 15 is 0 Å². The Hall–Kier alpha value is -0.510. The molecule has 15 heavy (non-hydrogen) atoms. The number of aromatic nitrogens is 2. The minimum atomic E-state index is 0.666. The molecule has 0 amide bonds. The Morgan fingerprint density at radius 1 is 1.53 bits per heavy atom. The second kappa shape index (κ2) is 5.01. The smallest absolute Gasteiger partial charge is 0.205 e. The number of rotatable bonds is 3. The highest BCUT2D eigenvalue weighted by atomic mass is 79.9. The lowest BCUT2D eigenvalue weighted by Gasteiger charge is -2.36. The summed E-state index contributed by atoms with van der Waals surface area (Å²) in [5.74, 6) is 1.13. The van der Waals surface area contributed by atoms with Gasteiger partial charge in [0.15, 0.2) is 0 Å². The fourth-order valence-electron chi connectivity index (χ4n) is 2.32. The van der Waals surface area contributed by atoms with Crippen LogP contribution in [0.4, 0.5) is 5.95 Å². The van der Waals surface area contributed by atoms with E-state index in [1.54, 1.807) is 0 Å². The van der Waals surface area contributed by atoms with E-state index in [4.69, 9.17) is 0 Å². The van der Waals surface area contributed by atoms with Crippen LogP contribution in [-0.4, -0.2) is 27.5 Å².